The highest BCUT2D eigenvalue weighted by Gasteiger charge is 2.25. The van der Waals surface area contributed by atoms with Crippen molar-refractivity contribution in [1.29, 1.82) is 0 Å². The zero-order chi connectivity index (χ0) is 13.7. The maximum Gasteiger partial charge on any atom is 0.224 e. The van der Waals surface area contributed by atoms with Crippen molar-refractivity contribution < 1.29 is 4.79 Å². The van der Waals surface area contributed by atoms with Crippen molar-refractivity contribution in [3.05, 3.63) is 0 Å². The summed E-state index contributed by atoms with van der Waals surface area (Å²) in [5.74, 6) is 1.27. The van der Waals surface area contributed by atoms with Crippen LogP contribution in [-0.2, 0) is 4.79 Å². The summed E-state index contributed by atoms with van der Waals surface area (Å²) < 4.78 is 0. The van der Waals surface area contributed by atoms with Gasteiger partial charge in [-0.15, -0.1) is 0 Å². The van der Waals surface area contributed by atoms with Crippen molar-refractivity contribution in [2.45, 2.75) is 64.8 Å². The molecule has 1 unspecified atom stereocenters. The Balaban J connectivity index is 1.74. The molecule has 110 valence electrons. The fraction of sp³-hybridized carbons (Fsp3) is 0.938. The molecule has 0 saturated carbocycles. The Kier molecular flexibility index (Phi) is 5.68. The van der Waals surface area contributed by atoms with Crippen LogP contribution < -0.4 is 0 Å². The van der Waals surface area contributed by atoms with E-state index in [1.165, 1.54) is 45.2 Å². The minimum atomic E-state index is 0.394. The molecule has 2 aliphatic heterocycles. The first-order valence-electron chi connectivity index (χ1n) is 8.22. The third kappa shape index (κ3) is 4.20. The molecule has 0 bridgehead atoms. The second kappa shape index (κ2) is 7.28. The zero-order valence-corrected chi connectivity index (χ0v) is 12.7. The summed E-state index contributed by atoms with van der Waals surface area (Å²) in [4.78, 5) is 17.0. The van der Waals surface area contributed by atoms with Gasteiger partial charge in [-0.05, 0) is 57.5 Å². The number of carbonyl (C=O) groups is 1. The van der Waals surface area contributed by atoms with Crippen LogP contribution in [0.1, 0.15) is 58.8 Å². The predicted octanol–water partition coefficient (Wildman–Crippen LogP) is 2.90. The number of nitrogens with zero attached hydrogens (tertiary/aromatic N) is 2. The van der Waals surface area contributed by atoms with Crippen LogP contribution >= 0.6 is 0 Å². The lowest BCUT2D eigenvalue weighted by Gasteiger charge is -2.36. The van der Waals surface area contributed by atoms with Crippen molar-refractivity contribution in [3.8, 4) is 0 Å². The highest BCUT2D eigenvalue weighted by molar-refractivity contribution is 5.76. The highest BCUT2D eigenvalue weighted by Crippen LogP contribution is 2.21. The summed E-state index contributed by atoms with van der Waals surface area (Å²) in [6.07, 6.45) is 8.15. The van der Waals surface area contributed by atoms with Gasteiger partial charge >= 0.3 is 0 Å². The molecule has 3 heteroatoms. The lowest BCUT2D eigenvalue weighted by Crippen LogP contribution is -2.45. The fourth-order valence-corrected chi connectivity index (χ4v) is 3.44. The normalized spacial score (nSPS) is 26.6. The van der Waals surface area contributed by atoms with E-state index < -0.39 is 0 Å². The van der Waals surface area contributed by atoms with Gasteiger partial charge in [0.05, 0.1) is 0 Å². The van der Waals surface area contributed by atoms with Crippen LogP contribution in [0.4, 0.5) is 0 Å². The maximum absolute atomic E-state index is 12.4. The number of amides is 1. The molecule has 2 heterocycles. The first kappa shape index (κ1) is 14.8. The predicted molar refractivity (Wildman–Crippen MR) is 79.1 cm³/mol. The first-order valence-corrected chi connectivity index (χ1v) is 8.22. The molecule has 2 fully saturated rings. The van der Waals surface area contributed by atoms with Crippen LogP contribution in [0, 0.1) is 5.92 Å². The lowest BCUT2D eigenvalue weighted by atomic mass is 9.98. The second-order valence-corrected chi connectivity index (χ2v) is 6.42. The van der Waals surface area contributed by atoms with Crippen molar-refractivity contribution in [1.82, 2.24) is 9.80 Å². The van der Waals surface area contributed by atoms with E-state index >= 15 is 0 Å². The van der Waals surface area contributed by atoms with Gasteiger partial charge in [0.25, 0.3) is 0 Å². The largest absolute Gasteiger partial charge is 0.340 e. The molecule has 0 spiro atoms. The van der Waals surface area contributed by atoms with E-state index in [1.807, 2.05) is 0 Å². The quantitative estimate of drug-likeness (QED) is 0.781. The number of piperidine rings is 2. The third-order valence-corrected chi connectivity index (χ3v) is 4.94. The molecular weight excluding hydrogens is 236 g/mol. The Hall–Kier alpha value is -0.570. The number of hydrogen-bond acceptors (Lipinski definition) is 2. The zero-order valence-electron chi connectivity index (χ0n) is 12.7. The number of carbonyl (C=O) groups excluding carboxylic acids is 1. The highest BCUT2D eigenvalue weighted by atomic mass is 16.2. The molecule has 0 aromatic carbocycles. The van der Waals surface area contributed by atoms with Gasteiger partial charge in [-0.2, -0.15) is 0 Å². The average Bonchev–Trinajstić information content (AvgIpc) is 2.46. The SMILES string of the molecule is CCC1CCCCN1C(=O)CCN1CCC(C)CC1. The van der Waals surface area contributed by atoms with E-state index in [1.54, 1.807) is 0 Å². The smallest absolute Gasteiger partial charge is 0.224 e. The van der Waals surface area contributed by atoms with Gasteiger partial charge in [-0.25, -0.2) is 0 Å². The van der Waals surface area contributed by atoms with E-state index in [0.717, 1.165) is 31.8 Å². The number of rotatable bonds is 4. The van der Waals surface area contributed by atoms with E-state index in [-0.39, 0.29) is 0 Å². The van der Waals surface area contributed by atoms with Crippen LogP contribution in [0.3, 0.4) is 0 Å². The summed E-state index contributed by atoms with van der Waals surface area (Å²) in [6, 6.07) is 0.516. The molecule has 2 saturated heterocycles. The average molecular weight is 266 g/mol. The van der Waals surface area contributed by atoms with E-state index in [4.69, 9.17) is 0 Å². The molecule has 1 atom stereocenters. The van der Waals surface area contributed by atoms with Crippen LogP contribution in [0.15, 0.2) is 0 Å². The molecule has 2 rings (SSSR count). The number of likely N-dealkylation sites (tertiary alicyclic amines) is 2. The molecule has 1 amide bonds. The summed E-state index contributed by atoms with van der Waals surface area (Å²) in [5.41, 5.74) is 0. The van der Waals surface area contributed by atoms with Crippen molar-refractivity contribution in [2.75, 3.05) is 26.2 Å². The van der Waals surface area contributed by atoms with Gasteiger partial charge in [0.15, 0.2) is 0 Å². The Morgan fingerprint density at radius 3 is 2.53 bits per heavy atom. The molecule has 2 aliphatic rings. The molecule has 0 N–H and O–H groups in total. The Labute approximate surface area is 118 Å². The summed E-state index contributed by atoms with van der Waals surface area (Å²) in [6.45, 7) is 8.88. The van der Waals surface area contributed by atoms with Gasteiger partial charge in [0.1, 0.15) is 0 Å². The maximum atomic E-state index is 12.4. The van der Waals surface area contributed by atoms with Crippen molar-refractivity contribution in [3.63, 3.8) is 0 Å². The summed E-state index contributed by atoms with van der Waals surface area (Å²) in [5, 5.41) is 0. The lowest BCUT2D eigenvalue weighted by molar-refractivity contribution is -0.135. The second-order valence-electron chi connectivity index (χ2n) is 6.42. The first-order chi connectivity index (χ1) is 9.20. The molecule has 0 aliphatic carbocycles. The van der Waals surface area contributed by atoms with Gasteiger partial charge in [0.2, 0.25) is 5.91 Å². The Bertz CT molecular complexity index is 284. The fourth-order valence-electron chi connectivity index (χ4n) is 3.44. The van der Waals surface area contributed by atoms with Crippen LogP contribution in [-0.4, -0.2) is 47.9 Å². The molecular formula is C16H30N2O. The Morgan fingerprint density at radius 1 is 1.11 bits per heavy atom. The number of hydrogen-bond donors (Lipinski definition) is 0. The Morgan fingerprint density at radius 2 is 1.84 bits per heavy atom. The molecule has 0 radical (unpaired) electrons. The minimum absolute atomic E-state index is 0.394. The monoisotopic (exact) mass is 266 g/mol. The molecule has 0 aromatic heterocycles. The molecule has 19 heavy (non-hydrogen) atoms. The summed E-state index contributed by atoms with van der Waals surface area (Å²) in [7, 11) is 0. The third-order valence-electron chi connectivity index (χ3n) is 4.94. The topological polar surface area (TPSA) is 23.6 Å². The van der Waals surface area contributed by atoms with E-state index in [0.29, 0.717) is 11.9 Å². The summed E-state index contributed by atoms with van der Waals surface area (Å²) >= 11 is 0. The van der Waals surface area contributed by atoms with Crippen LogP contribution in [0.2, 0.25) is 0 Å². The van der Waals surface area contributed by atoms with E-state index in [2.05, 4.69) is 23.6 Å². The van der Waals surface area contributed by atoms with Gasteiger partial charge < -0.3 is 9.80 Å². The van der Waals surface area contributed by atoms with Crippen molar-refractivity contribution >= 4 is 5.91 Å². The van der Waals surface area contributed by atoms with E-state index in [9.17, 15) is 4.79 Å². The standard InChI is InChI=1S/C16H30N2O/c1-3-15-6-4-5-10-18(15)16(19)9-13-17-11-7-14(2)8-12-17/h14-15H,3-13H2,1-2H3. The molecule has 3 nitrogen and oxygen atoms in total. The van der Waals surface area contributed by atoms with Gasteiger partial charge in [0, 0.05) is 25.6 Å². The minimum Gasteiger partial charge on any atom is -0.340 e. The van der Waals surface area contributed by atoms with Gasteiger partial charge in [-0.1, -0.05) is 13.8 Å². The van der Waals surface area contributed by atoms with Gasteiger partial charge in [-0.3, -0.25) is 4.79 Å². The van der Waals surface area contributed by atoms with Crippen LogP contribution in [0.25, 0.3) is 0 Å². The van der Waals surface area contributed by atoms with Crippen molar-refractivity contribution in [2.24, 2.45) is 5.92 Å². The van der Waals surface area contributed by atoms with Crippen LogP contribution in [0.5, 0.6) is 0 Å². The molecule has 0 aromatic rings.